The summed E-state index contributed by atoms with van der Waals surface area (Å²) in [5.41, 5.74) is 1.21. The molecule has 1 fully saturated rings. The average molecular weight is 313 g/mol. The summed E-state index contributed by atoms with van der Waals surface area (Å²) >= 11 is 0. The largest absolute Gasteiger partial charge is 2.00 e. The molecule has 1 aliphatic rings. The van der Waals surface area contributed by atoms with Crippen molar-refractivity contribution < 1.29 is 27.0 Å². The molecule has 0 amide bonds. The average Bonchev–Trinajstić information content (AvgIpc) is 3.15. The molecule has 1 heterocycles. The van der Waals surface area contributed by atoms with Crippen molar-refractivity contribution in [3.63, 3.8) is 0 Å². The van der Waals surface area contributed by atoms with Gasteiger partial charge in [0, 0.05) is 0 Å². The van der Waals surface area contributed by atoms with Gasteiger partial charge in [0.1, 0.15) is 6.04 Å². The molecule has 4 heteroatoms. The molecule has 2 aromatic carbocycles. The van der Waals surface area contributed by atoms with Crippen LogP contribution in [-0.4, -0.2) is 28.6 Å². The zero-order valence-corrected chi connectivity index (χ0v) is 12.4. The first-order valence-corrected chi connectivity index (χ1v) is 6.61. The summed E-state index contributed by atoms with van der Waals surface area (Å²) in [6, 6.07) is 17.8. The van der Waals surface area contributed by atoms with Gasteiger partial charge in [-0.05, 0) is 25.9 Å². The molecule has 0 unspecified atom stereocenters. The molecule has 0 bridgehead atoms. The van der Waals surface area contributed by atoms with Gasteiger partial charge in [0.15, 0.2) is 0 Å². The molecule has 2 aromatic rings. The number of rotatable bonds is 3. The van der Waals surface area contributed by atoms with E-state index in [-0.39, 0.29) is 23.1 Å². The molecule has 0 radical (unpaired) electrons. The second kappa shape index (κ2) is 8.75. The number of carboxylic acids is 1. The van der Waals surface area contributed by atoms with E-state index in [0.717, 1.165) is 25.9 Å². The molecule has 1 atom stereocenters. The Bertz CT molecular complexity index is 447. The first kappa shape index (κ1) is 16.7. The SMILES string of the molecule is O=C(O)[C@@H]1CCCN1C[c-]1cccc1.[Fe+2].c1cc[cH-]c1. The number of carboxylic acid groups (broad SMARTS) is 1. The van der Waals surface area contributed by atoms with Crippen LogP contribution < -0.4 is 0 Å². The van der Waals surface area contributed by atoms with E-state index < -0.39 is 5.97 Å². The first-order valence-electron chi connectivity index (χ1n) is 6.61. The Balaban J connectivity index is 0.000000283. The molecule has 1 aliphatic heterocycles. The van der Waals surface area contributed by atoms with Gasteiger partial charge in [-0.2, -0.15) is 30.3 Å². The monoisotopic (exact) mass is 313 g/mol. The van der Waals surface area contributed by atoms with E-state index in [1.807, 2.05) is 59.5 Å². The van der Waals surface area contributed by atoms with Gasteiger partial charge in [-0.15, -0.1) is 5.56 Å². The predicted molar refractivity (Wildman–Crippen MR) is 75.1 cm³/mol. The van der Waals surface area contributed by atoms with Gasteiger partial charge in [0.2, 0.25) is 0 Å². The molecule has 3 nitrogen and oxygen atoms in total. The van der Waals surface area contributed by atoms with Crippen LogP contribution in [0.5, 0.6) is 0 Å². The number of likely N-dealkylation sites (tertiary alicyclic amines) is 1. The van der Waals surface area contributed by atoms with Gasteiger partial charge in [0.25, 0.3) is 0 Å². The van der Waals surface area contributed by atoms with Crippen molar-refractivity contribution in [1.29, 1.82) is 0 Å². The minimum Gasteiger partial charge on any atom is -0.480 e. The quantitative estimate of drug-likeness (QED) is 0.700. The fraction of sp³-hybridized carbons (Fsp3) is 0.312. The normalized spacial score (nSPS) is 17.9. The van der Waals surface area contributed by atoms with Gasteiger partial charge in [0.05, 0.1) is 0 Å². The standard InChI is InChI=1S/C11H14NO2.C5H5.Fe/c13-11(14)10-6-3-7-12(10)8-9-4-1-2-5-9;1-2-4-5-3-1;/h1-2,4-5,10H,3,6-8H2,(H,13,14);1-5H;/q2*-1;+2/t10-;;/m0../s1. The van der Waals surface area contributed by atoms with Crippen molar-refractivity contribution in [3.05, 3.63) is 60.2 Å². The Morgan fingerprint density at radius 1 is 1.25 bits per heavy atom. The molecule has 0 saturated carbocycles. The molecule has 0 aliphatic carbocycles. The number of carbonyl (C=O) groups is 1. The Labute approximate surface area is 130 Å². The van der Waals surface area contributed by atoms with Crippen LogP contribution in [0.3, 0.4) is 0 Å². The van der Waals surface area contributed by atoms with Crippen LogP contribution in [0.4, 0.5) is 0 Å². The van der Waals surface area contributed by atoms with Crippen LogP contribution in [-0.2, 0) is 28.4 Å². The maximum absolute atomic E-state index is 10.9. The topological polar surface area (TPSA) is 40.5 Å². The Kier molecular flexibility index (Phi) is 7.31. The van der Waals surface area contributed by atoms with Crippen LogP contribution in [0.25, 0.3) is 0 Å². The van der Waals surface area contributed by atoms with Crippen molar-refractivity contribution in [2.45, 2.75) is 25.4 Å². The van der Waals surface area contributed by atoms with Crippen LogP contribution in [0.2, 0.25) is 0 Å². The third kappa shape index (κ3) is 4.97. The van der Waals surface area contributed by atoms with E-state index in [9.17, 15) is 4.79 Å². The molecule has 3 rings (SSSR count). The second-order valence-corrected chi connectivity index (χ2v) is 4.72. The predicted octanol–water partition coefficient (Wildman–Crippen LogP) is 2.86. The minimum atomic E-state index is -0.686. The number of nitrogens with zero attached hydrogens (tertiary/aromatic N) is 1. The smallest absolute Gasteiger partial charge is 0.480 e. The molecule has 20 heavy (non-hydrogen) atoms. The number of hydrogen-bond acceptors (Lipinski definition) is 2. The third-order valence-corrected chi connectivity index (χ3v) is 3.32. The van der Waals surface area contributed by atoms with Crippen molar-refractivity contribution in [2.75, 3.05) is 6.54 Å². The second-order valence-electron chi connectivity index (χ2n) is 4.72. The van der Waals surface area contributed by atoms with E-state index in [1.54, 1.807) is 0 Å². The molecule has 1 N–H and O–H groups in total. The van der Waals surface area contributed by atoms with Gasteiger partial charge < -0.3 is 5.11 Å². The molecule has 0 spiro atoms. The maximum Gasteiger partial charge on any atom is 2.00 e. The number of hydrogen-bond donors (Lipinski definition) is 1. The summed E-state index contributed by atoms with van der Waals surface area (Å²) in [7, 11) is 0. The van der Waals surface area contributed by atoms with Crippen molar-refractivity contribution in [1.82, 2.24) is 4.90 Å². The molecular weight excluding hydrogens is 294 g/mol. The van der Waals surface area contributed by atoms with Crippen LogP contribution in [0.15, 0.2) is 54.6 Å². The zero-order chi connectivity index (χ0) is 13.5. The van der Waals surface area contributed by atoms with E-state index in [0.29, 0.717) is 0 Å². The Hall–Kier alpha value is -1.35. The summed E-state index contributed by atoms with van der Waals surface area (Å²) < 4.78 is 0. The zero-order valence-electron chi connectivity index (χ0n) is 11.3. The molecular formula is C16H19FeNO2. The van der Waals surface area contributed by atoms with Gasteiger partial charge in [-0.25, -0.2) is 24.3 Å². The fourth-order valence-electron chi connectivity index (χ4n) is 2.37. The van der Waals surface area contributed by atoms with E-state index >= 15 is 0 Å². The summed E-state index contributed by atoms with van der Waals surface area (Å²) in [6.45, 7) is 1.67. The van der Waals surface area contributed by atoms with Crippen molar-refractivity contribution in [3.8, 4) is 0 Å². The summed E-state index contributed by atoms with van der Waals surface area (Å²) in [4.78, 5) is 12.9. The van der Waals surface area contributed by atoms with Gasteiger partial charge in [-0.3, -0.25) is 9.69 Å². The molecule has 108 valence electrons. The summed E-state index contributed by atoms with van der Waals surface area (Å²) in [6.07, 6.45) is 1.79. The maximum atomic E-state index is 10.9. The summed E-state index contributed by atoms with van der Waals surface area (Å²) in [5.74, 6) is -0.686. The van der Waals surface area contributed by atoms with Gasteiger partial charge in [-0.1, -0.05) is 0 Å². The van der Waals surface area contributed by atoms with Gasteiger partial charge >= 0.3 is 23.0 Å². The Morgan fingerprint density at radius 2 is 1.90 bits per heavy atom. The van der Waals surface area contributed by atoms with Crippen molar-refractivity contribution in [2.24, 2.45) is 0 Å². The Morgan fingerprint density at radius 3 is 2.40 bits per heavy atom. The molecule has 1 saturated heterocycles. The van der Waals surface area contributed by atoms with Crippen LogP contribution >= 0.6 is 0 Å². The fourth-order valence-corrected chi connectivity index (χ4v) is 2.37. The third-order valence-electron chi connectivity index (χ3n) is 3.32. The van der Waals surface area contributed by atoms with Crippen LogP contribution in [0.1, 0.15) is 18.4 Å². The van der Waals surface area contributed by atoms with Crippen LogP contribution in [0, 0.1) is 0 Å². The number of aliphatic carboxylic acids is 1. The van der Waals surface area contributed by atoms with Crippen molar-refractivity contribution >= 4 is 5.97 Å². The minimum absolute atomic E-state index is 0. The summed E-state index contributed by atoms with van der Waals surface area (Å²) in [5, 5.41) is 8.97. The van der Waals surface area contributed by atoms with E-state index in [1.165, 1.54) is 5.56 Å². The van der Waals surface area contributed by atoms with E-state index in [2.05, 4.69) is 0 Å². The molecule has 0 aromatic heterocycles. The van der Waals surface area contributed by atoms with E-state index in [4.69, 9.17) is 5.11 Å². The first-order chi connectivity index (χ1) is 9.27.